The van der Waals surface area contributed by atoms with Crippen molar-refractivity contribution in [3.05, 3.63) is 71.1 Å². The molecule has 3 aromatic rings. The number of esters is 1. The van der Waals surface area contributed by atoms with Gasteiger partial charge in [0.1, 0.15) is 4.88 Å². The van der Waals surface area contributed by atoms with Crippen LogP contribution in [0.25, 0.3) is 10.4 Å². The first kappa shape index (κ1) is 22.7. The summed E-state index contributed by atoms with van der Waals surface area (Å²) in [5.41, 5.74) is 1.55. The van der Waals surface area contributed by atoms with Crippen LogP contribution in [0.15, 0.2) is 65.6 Å². The fraction of sp³-hybridized carbons (Fsp3) is 0.217. The average molecular weight is 458 g/mol. The number of hydrogen-bond acceptors (Lipinski definition) is 6. The fourth-order valence-electron chi connectivity index (χ4n) is 2.84. The smallest absolute Gasteiger partial charge is 0.350 e. The first-order valence-electron chi connectivity index (χ1n) is 9.75. The number of anilines is 1. The summed E-state index contributed by atoms with van der Waals surface area (Å²) in [6.45, 7) is 5.15. The van der Waals surface area contributed by atoms with E-state index in [4.69, 9.17) is 4.74 Å². The number of carbonyl (C=O) groups excluding carboxylic acids is 2. The minimum absolute atomic E-state index is 0.160. The maximum absolute atomic E-state index is 12.8. The summed E-state index contributed by atoms with van der Waals surface area (Å²) in [6, 6.07) is 17.0. The van der Waals surface area contributed by atoms with Gasteiger partial charge in [0.25, 0.3) is 5.91 Å². The Morgan fingerprint density at radius 3 is 2.26 bits per heavy atom. The van der Waals surface area contributed by atoms with Crippen molar-refractivity contribution in [2.45, 2.75) is 30.9 Å². The third-order valence-electron chi connectivity index (χ3n) is 4.57. The van der Waals surface area contributed by atoms with E-state index in [2.05, 4.69) is 5.32 Å². The first-order chi connectivity index (χ1) is 14.7. The zero-order valence-electron chi connectivity index (χ0n) is 17.4. The van der Waals surface area contributed by atoms with Crippen molar-refractivity contribution >= 4 is 38.7 Å². The van der Waals surface area contributed by atoms with Gasteiger partial charge < -0.3 is 10.1 Å². The molecule has 0 aliphatic carbocycles. The van der Waals surface area contributed by atoms with Crippen LogP contribution in [-0.4, -0.2) is 32.2 Å². The zero-order valence-corrected chi connectivity index (χ0v) is 19.0. The number of rotatable bonds is 7. The standard InChI is InChI=1S/C23H23NO5S2/c1-4-29-23(26)21-19(14-20(30-21)16-8-6-5-7-9-16)24-22(25)17-10-12-18(13-11-17)31(27,28)15(2)3/h5-15H,4H2,1-3H3,(H,24,25). The molecule has 2 aromatic carbocycles. The highest BCUT2D eigenvalue weighted by Gasteiger charge is 2.22. The average Bonchev–Trinajstić information content (AvgIpc) is 3.18. The van der Waals surface area contributed by atoms with E-state index in [-0.39, 0.29) is 17.1 Å². The van der Waals surface area contributed by atoms with Crippen molar-refractivity contribution in [1.82, 2.24) is 0 Å². The van der Waals surface area contributed by atoms with Gasteiger partial charge in [0.15, 0.2) is 9.84 Å². The van der Waals surface area contributed by atoms with Crippen molar-refractivity contribution in [3.8, 4) is 10.4 Å². The molecule has 3 rings (SSSR count). The summed E-state index contributed by atoms with van der Waals surface area (Å²) < 4.78 is 29.7. The highest BCUT2D eigenvalue weighted by molar-refractivity contribution is 7.92. The molecule has 0 saturated carbocycles. The van der Waals surface area contributed by atoms with Gasteiger partial charge in [-0.25, -0.2) is 13.2 Å². The number of hydrogen-bond donors (Lipinski definition) is 1. The van der Waals surface area contributed by atoms with Gasteiger partial charge in [-0.2, -0.15) is 0 Å². The molecule has 0 bridgehead atoms. The quantitative estimate of drug-likeness (QED) is 0.503. The van der Waals surface area contributed by atoms with Gasteiger partial charge in [-0.1, -0.05) is 30.3 Å². The third kappa shape index (κ3) is 5.03. The van der Waals surface area contributed by atoms with Gasteiger partial charge in [0, 0.05) is 10.4 Å². The van der Waals surface area contributed by atoms with E-state index in [0.717, 1.165) is 10.4 Å². The molecule has 0 radical (unpaired) electrons. The van der Waals surface area contributed by atoms with E-state index in [9.17, 15) is 18.0 Å². The van der Waals surface area contributed by atoms with Crippen molar-refractivity contribution in [1.29, 1.82) is 0 Å². The molecule has 1 aromatic heterocycles. The Morgan fingerprint density at radius 2 is 1.68 bits per heavy atom. The SMILES string of the molecule is CCOC(=O)c1sc(-c2ccccc2)cc1NC(=O)c1ccc(S(=O)(=O)C(C)C)cc1. The van der Waals surface area contributed by atoms with Crippen LogP contribution in [0.1, 0.15) is 40.8 Å². The second kappa shape index (κ2) is 9.45. The Bertz CT molecular complexity index is 1180. The van der Waals surface area contributed by atoms with Crippen LogP contribution >= 0.6 is 11.3 Å². The van der Waals surface area contributed by atoms with Gasteiger partial charge in [-0.15, -0.1) is 11.3 Å². The molecule has 31 heavy (non-hydrogen) atoms. The summed E-state index contributed by atoms with van der Waals surface area (Å²) in [6.07, 6.45) is 0. The van der Waals surface area contributed by atoms with Crippen LogP contribution in [0, 0.1) is 0 Å². The Balaban J connectivity index is 1.89. The molecular formula is C23H23NO5S2. The van der Waals surface area contributed by atoms with Crippen LogP contribution in [-0.2, 0) is 14.6 Å². The monoisotopic (exact) mass is 457 g/mol. The van der Waals surface area contributed by atoms with Crippen molar-refractivity contribution in [2.75, 3.05) is 11.9 Å². The van der Waals surface area contributed by atoms with Crippen LogP contribution < -0.4 is 5.32 Å². The molecule has 0 spiro atoms. The molecule has 0 aliphatic rings. The second-order valence-electron chi connectivity index (χ2n) is 7.01. The van der Waals surface area contributed by atoms with E-state index in [1.165, 1.54) is 35.6 Å². The minimum Gasteiger partial charge on any atom is -0.462 e. The molecule has 1 N–H and O–H groups in total. The Morgan fingerprint density at radius 1 is 1.03 bits per heavy atom. The predicted octanol–water partition coefficient (Wildman–Crippen LogP) is 5.03. The molecule has 0 fully saturated rings. The summed E-state index contributed by atoms with van der Waals surface area (Å²) in [4.78, 5) is 26.5. The maximum atomic E-state index is 12.8. The molecule has 0 atom stereocenters. The van der Waals surface area contributed by atoms with Crippen LogP contribution in [0.3, 0.4) is 0 Å². The van der Waals surface area contributed by atoms with Gasteiger partial charge in [0.2, 0.25) is 0 Å². The Hall–Kier alpha value is -2.97. The van der Waals surface area contributed by atoms with Crippen LogP contribution in [0.4, 0.5) is 5.69 Å². The summed E-state index contributed by atoms with van der Waals surface area (Å²) in [5, 5.41) is 2.20. The molecular weight excluding hydrogens is 434 g/mol. The minimum atomic E-state index is -3.42. The summed E-state index contributed by atoms with van der Waals surface area (Å²) in [7, 11) is -3.42. The number of carbonyl (C=O) groups is 2. The molecule has 6 nitrogen and oxygen atoms in total. The lowest BCUT2D eigenvalue weighted by Gasteiger charge is -2.09. The summed E-state index contributed by atoms with van der Waals surface area (Å²) in [5.74, 6) is -0.959. The van der Waals surface area contributed by atoms with Crippen molar-refractivity contribution < 1.29 is 22.7 Å². The molecule has 0 saturated heterocycles. The van der Waals surface area contributed by atoms with E-state index in [0.29, 0.717) is 10.6 Å². The molecule has 0 aliphatic heterocycles. The number of nitrogens with one attached hydrogen (secondary N) is 1. The highest BCUT2D eigenvalue weighted by atomic mass is 32.2. The van der Waals surface area contributed by atoms with Crippen molar-refractivity contribution in [3.63, 3.8) is 0 Å². The number of ether oxygens (including phenoxy) is 1. The number of thiophene rings is 1. The van der Waals surface area contributed by atoms with Crippen LogP contribution in [0.2, 0.25) is 0 Å². The lowest BCUT2D eigenvalue weighted by atomic mass is 10.2. The van der Waals surface area contributed by atoms with E-state index < -0.39 is 27.0 Å². The largest absolute Gasteiger partial charge is 0.462 e. The maximum Gasteiger partial charge on any atom is 0.350 e. The van der Waals surface area contributed by atoms with Crippen molar-refractivity contribution in [2.24, 2.45) is 0 Å². The number of sulfone groups is 1. The molecule has 162 valence electrons. The normalized spacial score (nSPS) is 11.4. The number of benzene rings is 2. The van der Waals surface area contributed by atoms with Crippen LogP contribution in [0.5, 0.6) is 0 Å². The molecule has 1 heterocycles. The zero-order chi connectivity index (χ0) is 22.6. The first-order valence-corrected chi connectivity index (χ1v) is 12.1. The predicted molar refractivity (Wildman–Crippen MR) is 122 cm³/mol. The Kier molecular flexibility index (Phi) is 6.92. The van der Waals surface area contributed by atoms with Gasteiger partial charge in [-0.3, -0.25) is 4.79 Å². The number of amides is 1. The van der Waals surface area contributed by atoms with Gasteiger partial charge >= 0.3 is 5.97 Å². The lowest BCUT2D eigenvalue weighted by Crippen LogP contribution is -2.16. The topological polar surface area (TPSA) is 89.5 Å². The molecule has 0 unspecified atom stereocenters. The third-order valence-corrected chi connectivity index (χ3v) is 7.90. The molecule has 1 amide bonds. The van der Waals surface area contributed by atoms with E-state index in [1.54, 1.807) is 26.8 Å². The van der Waals surface area contributed by atoms with Gasteiger partial charge in [-0.05, 0) is 56.7 Å². The van der Waals surface area contributed by atoms with Gasteiger partial charge in [0.05, 0.1) is 22.4 Å². The molecule has 8 heteroatoms. The highest BCUT2D eigenvalue weighted by Crippen LogP contribution is 2.35. The fourth-order valence-corrected chi connectivity index (χ4v) is 4.91. The second-order valence-corrected chi connectivity index (χ2v) is 10.6. The van der Waals surface area contributed by atoms with E-state index >= 15 is 0 Å². The van der Waals surface area contributed by atoms with E-state index in [1.807, 2.05) is 30.3 Å². The lowest BCUT2D eigenvalue weighted by molar-refractivity contribution is 0.0533. The summed E-state index contributed by atoms with van der Waals surface area (Å²) >= 11 is 1.24. The Labute approximate surface area is 185 Å².